The summed E-state index contributed by atoms with van der Waals surface area (Å²) in [4.78, 5) is 25.0. The maximum atomic E-state index is 12.6. The normalized spacial score (nSPS) is 12.7. The van der Waals surface area contributed by atoms with Crippen LogP contribution in [-0.4, -0.2) is 17.1 Å². The molecule has 0 saturated heterocycles. The van der Waals surface area contributed by atoms with Gasteiger partial charge in [-0.25, -0.2) is 4.79 Å². The molecule has 5 N–H and O–H groups in total. The third kappa shape index (κ3) is 6.98. The molecule has 2 amide bonds. The quantitative estimate of drug-likeness (QED) is 0.169. The van der Waals surface area contributed by atoms with E-state index < -0.39 is 18.1 Å². The number of carbonyl (C=O) groups is 2. The summed E-state index contributed by atoms with van der Waals surface area (Å²) < 4.78 is 6.56. The van der Waals surface area contributed by atoms with E-state index in [1.165, 1.54) is 6.08 Å². The van der Waals surface area contributed by atoms with Gasteiger partial charge in [-0.15, -0.1) is 0 Å². The Bertz CT molecular complexity index is 1150. The summed E-state index contributed by atoms with van der Waals surface area (Å²) in [6.45, 7) is 1.79. The van der Waals surface area contributed by atoms with Gasteiger partial charge in [-0.1, -0.05) is 43.3 Å². The molecule has 3 aromatic rings. The summed E-state index contributed by atoms with van der Waals surface area (Å²) in [5, 5.41) is 15.8. The second-order valence-electron chi connectivity index (χ2n) is 7.31. The predicted octanol–water partition coefficient (Wildman–Crippen LogP) is 5.70. The first-order valence-corrected chi connectivity index (χ1v) is 11.3. The summed E-state index contributed by atoms with van der Waals surface area (Å²) in [6.07, 6.45) is 1.46. The lowest BCUT2D eigenvalue weighted by Crippen LogP contribution is -2.21. The molecule has 0 heterocycles. The lowest BCUT2D eigenvalue weighted by Gasteiger charge is -2.23. The molecule has 7 nitrogen and oxygen atoms in total. The number of para-hydroxylation sites is 3. The standard InChI is InChI=1S/C25H24IN3O4/c1-16(11-14-23(31)29-21-10-6-5-9-20(21)27)24(19-15-17(26)12-13-22(19)30)33-25(32)28-18-7-3-2-4-8-18/h2-16,24,30H,27H2,1H3,(H,28,32)(H,29,31)/b14-11+/t16-,24+/m1/s1. The van der Waals surface area contributed by atoms with Gasteiger partial charge >= 0.3 is 6.09 Å². The monoisotopic (exact) mass is 557 g/mol. The van der Waals surface area contributed by atoms with E-state index in [0.717, 1.165) is 3.57 Å². The zero-order chi connectivity index (χ0) is 23.8. The smallest absolute Gasteiger partial charge is 0.412 e. The minimum atomic E-state index is -0.839. The van der Waals surface area contributed by atoms with Crippen LogP contribution in [0.2, 0.25) is 0 Å². The SMILES string of the molecule is C[C@H](/C=C/C(=O)Nc1ccccc1N)[C@H](OC(=O)Nc1ccccc1)c1cc(I)ccc1O. The number of ether oxygens (including phenoxy) is 1. The van der Waals surface area contributed by atoms with Crippen molar-refractivity contribution in [1.82, 2.24) is 0 Å². The van der Waals surface area contributed by atoms with Gasteiger partial charge < -0.3 is 20.9 Å². The molecule has 0 fully saturated rings. The maximum Gasteiger partial charge on any atom is 0.412 e. The molecule has 0 aromatic heterocycles. The summed E-state index contributed by atoms with van der Waals surface area (Å²) >= 11 is 2.12. The van der Waals surface area contributed by atoms with Crippen molar-refractivity contribution >= 4 is 51.7 Å². The van der Waals surface area contributed by atoms with E-state index in [1.807, 2.05) is 6.07 Å². The summed E-state index contributed by atoms with van der Waals surface area (Å²) in [6, 6.07) is 20.9. The lowest BCUT2D eigenvalue weighted by molar-refractivity contribution is -0.111. The second-order valence-corrected chi connectivity index (χ2v) is 8.56. The van der Waals surface area contributed by atoms with Gasteiger partial charge in [0, 0.05) is 20.7 Å². The van der Waals surface area contributed by atoms with Gasteiger partial charge in [-0.05, 0) is 71.1 Å². The van der Waals surface area contributed by atoms with Crippen molar-refractivity contribution in [3.05, 3.63) is 94.1 Å². The Kier molecular flexibility index (Phi) is 8.31. The number of nitrogens with one attached hydrogen (secondary N) is 2. The van der Waals surface area contributed by atoms with Crippen molar-refractivity contribution in [3.63, 3.8) is 0 Å². The van der Waals surface area contributed by atoms with E-state index in [2.05, 4.69) is 33.2 Å². The number of aromatic hydroxyl groups is 1. The maximum absolute atomic E-state index is 12.6. The molecule has 8 heteroatoms. The number of hydrogen-bond donors (Lipinski definition) is 4. The number of phenols is 1. The number of carbonyl (C=O) groups excluding carboxylic acids is 2. The van der Waals surface area contributed by atoms with Gasteiger partial charge in [0.25, 0.3) is 0 Å². The summed E-state index contributed by atoms with van der Waals surface area (Å²) in [5.74, 6) is -0.816. The highest BCUT2D eigenvalue weighted by Gasteiger charge is 2.25. The minimum Gasteiger partial charge on any atom is -0.508 e. The number of hydrogen-bond acceptors (Lipinski definition) is 5. The fraction of sp³-hybridized carbons (Fsp3) is 0.120. The Hall–Kier alpha value is -3.53. The number of halogens is 1. The lowest BCUT2D eigenvalue weighted by atomic mass is 9.96. The van der Waals surface area contributed by atoms with Gasteiger partial charge in [0.1, 0.15) is 11.9 Å². The number of rotatable bonds is 7. The number of phenolic OH excluding ortho intramolecular Hbond substituents is 1. The Morgan fingerprint density at radius 1 is 1.03 bits per heavy atom. The molecule has 33 heavy (non-hydrogen) atoms. The molecule has 0 aliphatic carbocycles. The molecular formula is C25H24IN3O4. The number of nitrogens with two attached hydrogens (primary N) is 1. The van der Waals surface area contributed by atoms with E-state index in [-0.39, 0.29) is 11.7 Å². The molecule has 3 aromatic carbocycles. The third-order valence-corrected chi connectivity index (χ3v) is 5.47. The van der Waals surface area contributed by atoms with Gasteiger partial charge in [0.15, 0.2) is 0 Å². The van der Waals surface area contributed by atoms with Crippen LogP contribution in [0, 0.1) is 9.49 Å². The molecule has 0 bridgehead atoms. The first-order valence-electron chi connectivity index (χ1n) is 10.2. The van der Waals surface area contributed by atoms with Crippen LogP contribution < -0.4 is 16.4 Å². The molecule has 0 aliphatic heterocycles. The van der Waals surface area contributed by atoms with E-state index in [9.17, 15) is 14.7 Å². The highest BCUT2D eigenvalue weighted by atomic mass is 127. The average molecular weight is 557 g/mol. The number of nitrogen functional groups attached to an aromatic ring is 1. The fourth-order valence-electron chi connectivity index (χ4n) is 3.12. The molecule has 170 valence electrons. The van der Waals surface area contributed by atoms with Crippen LogP contribution in [0.1, 0.15) is 18.6 Å². The van der Waals surface area contributed by atoms with E-state index >= 15 is 0 Å². The van der Waals surface area contributed by atoms with Gasteiger partial charge in [0.05, 0.1) is 11.4 Å². The third-order valence-electron chi connectivity index (χ3n) is 4.80. The molecule has 2 atom stereocenters. The molecule has 0 saturated carbocycles. The largest absolute Gasteiger partial charge is 0.508 e. The zero-order valence-corrected chi connectivity index (χ0v) is 20.0. The van der Waals surface area contributed by atoms with Gasteiger partial charge in [0.2, 0.25) is 5.91 Å². The zero-order valence-electron chi connectivity index (χ0n) is 17.9. The fourth-order valence-corrected chi connectivity index (χ4v) is 3.63. The van der Waals surface area contributed by atoms with E-state index in [1.54, 1.807) is 79.7 Å². The van der Waals surface area contributed by atoms with Crippen LogP contribution in [0.3, 0.4) is 0 Å². The topological polar surface area (TPSA) is 114 Å². The van der Waals surface area contributed by atoms with Crippen molar-refractivity contribution in [1.29, 1.82) is 0 Å². The molecule has 0 spiro atoms. The van der Waals surface area contributed by atoms with Crippen LogP contribution in [0.15, 0.2) is 84.9 Å². The van der Waals surface area contributed by atoms with Gasteiger partial charge in [-0.3, -0.25) is 10.1 Å². The van der Waals surface area contributed by atoms with Crippen molar-refractivity contribution in [3.8, 4) is 5.75 Å². The van der Waals surface area contributed by atoms with Crippen LogP contribution in [0.25, 0.3) is 0 Å². The average Bonchev–Trinajstić information content (AvgIpc) is 2.80. The minimum absolute atomic E-state index is 0.00492. The molecule has 0 unspecified atom stereocenters. The van der Waals surface area contributed by atoms with E-state index in [0.29, 0.717) is 22.6 Å². The van der Waals surface area contributed by atoms with Crippen molar-refractivity contribution in [2.75, 3.05) is 16.4 Å². The molecule has 3 rings (SSSR count). The van der Waals surface area contributed by atoms with Crippen LogP contribution in [0.5, 0.6) is 5.75 Å². The van der Waals surface area contributed by atoms with Crippen LogP contribution >= 0.6 is 22.6 Å². The van der Waals surface area contributed by atoms with Crippen LogP contribution in [0.4, 0.5) is 21.9 Å². The van der Waals surface area contributed by atoms with Crippen molar-refractivity contribution in [2.45, 2.75) is 13.0 Å². The highest BCUT2D eigenvalue weighted by Crippen LogP contribution is 2.34. The van der Waals surface area contributed by atoms with E-state index in [4.69, 9.17) is 10.5 Å². The second kappa shape index (κ2) is 11.4. The number of anilines is 3. The van der Waals surface area contributed by atoms with Gasteiger partial charge in [-0.2, -0.15) is 0 Å². The summed E-state index contributed by atoms with van der Waals surface area (Å²) in [5.41, 5.74) is 7.84. The Morgan fingerprint density at radius 2 is 1.73 bits per heavy atom. The Morgan fingerprint density at radius 3 is 2.45 bits per heavy atom. The number of amides is 2. The Balaban J connectivity index is 1.78. The first kappa shape index (κ1) is 24.1. The number of benzene rings is 3. The predicted molar refractivity (Wildman–Crippen MR) is 138 cm³/mol. The van der Waals surface area contributed by atoms with Crippen LogP contribution in [-0.2, 0) is 9.53 Å². The summed E-state index contributed by atoms with van der Waals surface area (Å²) in [7, 11) is 0. The first-order chi connectivity index (χ1) is 15.8. The highest BCUT2D eigenvalue weighted by molar-refractivity contribution is 14.1. The molecular weight excluding hydrogens is 533 g/mol. The van der Waals surface area contributed by atoms with Crippen molar-refractivity contribution in [2.24, 2.45) is 5.92 Å². The van der Waals surface area contributed by atoms with Crippen molar-refractivity contribution < 1.29 is 19.4 Å². The molecule has 0 radical (unpaired) electrons. The molecule has 0 aliphatic rings. The Labute approximate surface area is 205 Å².